The van der Waals surface area contributed by atoms with E-state index in [-0.39, 0.29) is 24.0 Å². The van der Waals surface area contributed by atoms with Crippen LogP contribution in [0.4, 0.5) is 13.2 Å². The number of benzene rings is 2. The average Bonchev–Trinajstić information content (AvgIpc) is 2.39. The molecule has 0 aliphatic carbocycles. The molecule has 0 radical (unpaired) electrons. The van der Waals surface area contributed by atoms with Gasteiger partial charge in [-0.05, 0) is 31.2 Å². The summed E-state index contributed by atoms with van der Waals surface area (Å²) in [4.78, 5) is 0. The SMILES string of the molecule is C[C@H](N)c1ccc(F)cc1OCc1cc(F)ccc1F. The third kappa shape index (κ3) is 3.30. The molecule has 0 bridgehead atoms. The molecule has 0 saturated carbocycles. The van der Waals surface area contributed by atoms with Gasteiger partial charge in [0, 0.05) is 23.2 Å². The van der Waals surface area contributed by atoms with Crippen molar-refractivity contribution in [1.82, 2.24) is 0 Å². The highest BCUT2D eigenvalue weighted by atomic mass is 19.1. The normalized spacial score (nSPS) is 12.2. The van der Waals surface area contributed by atoms with Gasteiger partial charge in [-0.1, -0.05) is 6.07 Å². The fraction of sp³-hybridized carbons (Fsp3) is 0.200. The van der Waals surface area contributed by atoms with Crippen LogP contribution < -0.4 is 10.5 Å². The summed E-state index contributed by atoms with van der Waals surface area (Å²) < 4.78 is 45.1. The molecule has 1 atom stereocenters. The Morgan fingerprint density at radius 1 is 1.05 bits per heavy atom. The highest BCUT2D eigenvalue weighted by molar-refractivity contribution is 5.36. The predicted octanol–water partition coefficient (Wildman–Crippen LogP) is 3.70. The number of hydrogen-bond acceptors (Lipinski definition) is 2. The van der Waals surface area contributed by atoms with Crippen LogP contribution in [0.15, 0.2) is 36.4 Å². The third-order valence-electron chi connectivity index (χ3n) is 2.86. The van der Waals surface area contributed by atoms with Gasteiger partial charge in [-0.15, -0.1) is 0 Å². The monoisotopic (exact) mass is 281 g/mol. The average molecular weight is 281 g/mol. The Hall–Kier alpha value is -2.01. The minimum absolute atomic E-state index is 0.0601. The maximum absolute atomic E-state index is 13.5. The third-order valence-corrected chi connectivity index (χ3v) is 2.86. The van der Waals surface area contributed by atoms with Crippen molar-refractivity contribution in [2.24, 2.45) is 5.73 Å². The molecule has 2 N–H and O–H groups in total. The smallest absolute Gasteiger partial charge is 0.130 e. The van der Waals surface area contributed by atoms with E-state index in [0.29, 0.717) is 5.56 Å². The lowest BCUT2D eigenvalue weighted by Crippen LogP contribution is -2.09. The van der Waals surface area contributed by atoms with E-state index in [2.05, 4.69) is 0 Å². The van der Waals surface area contributed by atoms with Crippen molar-refractivity contribution in [1.29, 1.82) is 0 Å². The molecule has 0 fully saturated rings. The maximum Gasteiger partial charge on any atom is 0.130 e. The van der Waals surface area contributed by atoms with E-state index < -0.39 is 17.5 Å². The summed E-state index contributed by atoms with van der Waals surface area (Å²) in [6.07, 6.45) is 0. The molecule has 0 saturated heterocycles. The fourth-order valence-electron chi connectivity index (χ4n) is 1.82. The lowest BCUT2D eigenvalue weighted by Gasteiger charge is -2.14. The first-order chi connectivity index (χ1) is 9.47. The zero-order valence-corrected chi connectivity index (χ0v) is 10.9. The highest BCUT2D eigenvalue weighted by Crippen LogP contribution is 2.26. The summed E-state index contributed by atoms with van der Waals surface area (Å²) >= 11 is 0. The van der Waals surface area contributed by atoms with Gasteiger partial charge in [0.25, 0.3) is 0 Å². The Balaban J connectivity index is 2.22. The number of ether oxygens (including phenoxy) is 1. The predicted molar refractivity (Wildman–Crippen MR) is 69.7 cm³/mol. The lowest BCUT2D eigenvalue weighted by atomic mass is 10.1. The van der Waals surface area contributed by atoms with E-state index in [9.17, 15) is 13.2 Å². The molecule has 0 unspecified atom stereocenters. The van der Waals surface area contributed by atoms with E-state index in [1.54, 1.807) is 6.92 Å². The molecule has 2 rings (SSSR count). The molecular weight excluding hydrogens is 267 g/mol. The van der Waals surface area contributed by atoms with Crippen LogP contribution in [0, 0.1) is 17.5 Å². The standard InChI is InChI=1S/C15H14F3NO/c1-9(19)13-4-2-12(17)7-15(13)20-8-10-6-11(16)3-5-14(10)18/h2-7,9H,8,19H2,1H3/t9-/m0/s1. The number of rotatable bonds is 4. The zero-order valence-electron chi connectivity index (χ0n) is 10.9. The van der Waals surface area contributed by atoms with Crippen molar-refractivity contribution in [3.8, 4) is 5.75 Å². The van der Waals surface area contributed by atoms with Gasteiger partial charge < -0.3 is 10.5 Å². The van der Waals surface area contributed by atoms with Crippen LogP contribution in [0.25, 0.3) is 0 Å². The first-order valence-electron chi connectivity index (χ1n) is 6.09. The Kier molecular flexibility index (Phi) is 4.29. The minimum atomic E-state index is -0.579. The summed E-state index contributed by atoms with van der Waals surface area (Å²) in [7, 11) is 0. The van der Waals surface area contributed by atoms with Gasteiger partial charge in [-0.3, -0.25) is 0 Å². The van der Waals surface area contributed by atoms with E-state index in [1.165, 1.54) is 18.2 Å². The molecule has 2 aromatic carbocycles. The second-order valence-electron chi connectivity index (χ2n) is 4.50. The molecule has 2 nitrogen and oxygen atoms in total. The maximum atomic E-state index is 13.5. The Morgan fingerprint density at radius 3 is 2.40 bits per heavy atom. The van der Waals surface area contributed by atoms with Crippen molar-refractivity contribution < 1.29 is 17.9 Å². The molecule has 0 heterocycles. The van der Waals surface area contributed by atoms with Gasteiger partial charge in [0.15, 0.2) is 0 Å². The molecule has 0 aromatic heterocycles. The molecule has 5 heteroatoms. The van der Waals surface area contributed by atoms with Crippen LogP contribution in [-0.2, 0) is 6.61 Å². The highest BCUT2D eigenvalue weighted by Gasteiger charge is 2.11. The summed E-state index contributed by atoms with van der Waals surface area (Å²) in [5, 5.41) is 0. The largest absolute Gasteiger partial charge is 0.488 e. The van der Waals surface area contributed by atoms with E-state index in [0.717, 1.165) is 18.2 Å². The number of hydrogen-bond donors (Lipinski definition) is 1. The number of halogens is 3. The van der Waals surface area contributed by atoms with Crippen LogP contribution >= 0.6 is 0 Å². The van der Waals surface area contributed by atoms with Crippen LogP contribution in [0.1, 0.15) is 24.1 Å². The lowest BCUT2D eigenvalue weighted by molar-refractivity contribution is 0.293. The Labute approximate surface area is 115 Å². The quantitative estimate of drug-likeness (QED) is 0.927. The van der Waals surface area contributed by atoms with Gasteiger partial charge in [-0.25, -0.2) is 13.2 Å². The molecular formula is C15H14F3NO. The Bertz CT molecular complexity index is 614. The van der Waals surface area contributed by atoms with E-state index >= 15 is 0 Å². The summed E-state index contributed by atoms with van der Waals surface area (Å²) in [6.45, 7) is 1.52. The first-order valence-corrected chi connectivity index (χ1v) is 6.09. The fourth-order valence-corrected chi connectivity index (χ4v) is 1.82. The zero-order chi connectivity index (χ0) is 14.7. The topological polar surface area (TPSA) is 35.2 Å². The van der Waals surface area contributed by atoms with Crippen LogP contribution in [0.3, 0.4) is 0 Å². The van der Waals surface area contributed by atoms with Crippen molar-refractivity contribution in [2.75, 3.05) is 0 Å². The van der Waals surface area contributed by atoms with Crippen molar-refractivity contribution >= 4 is 0 Å². The van der Waals surface area contributed by atoms with Gasteiger partial charge in [0.05, 0.1) is 0 Å². The van der Waals surface area contributed by atoms with E-state index in [4.69, 9.17) is 10.5 Å². The second kappa shape index (κ2) is 5.96. The molecule has 0 aliphatic rings. The van der Waals surface area contributed by atoms with Gasteiger partial charge >= 0.3 is 0 Å². The van der Waals surface area contributed by atoms with Crippen molar-refractivity contribution in [3.63, 3.8) is 0 Å². The van der Waals surface area contributed by atoms with Gasteiger partial charge in [0.1, 0.15) is 29.8 Å². The van der Waals surface area contributed by atoms with Crippen molar-refractivity contribution in [3.05, 3.63) is 65.0 Å². The summed E-state index contributed by atoms with van der Waals surface area (Å²) in [5.74, 6) is -1.39. The molecule has 2 aromatic rings. The van der Waals surface area contributed by atoms with Crippen molar-refractivity contribution in [2.45, 2.75) is 19.6 Å². The molecule has 106 valence electrons. The van der Waals surface area contributed by atoms with Crippen LogP contribution in [0.2, 0.25) is 0 Å². The number of nitrogens with two attached hydrogens (primary N) is 1. The van der Waals surface area contributed by atoms with Crippen LogP contribution in [0.5, 0.6) is 5.75 Å². The van der Waals surface area contributed by atoms with Gasteiger partial charge in [0.2, 0.25) is 0 Å². The molecule has 0 amide bonds. The second-order valence-corrected chi connectivity index (χ2v) is 4.50. The molecule has 20 heavy (non-hydrogen) atoms. The van der Waals surface area contributed by atoms with Gasteiger partial charge in [-0.2, -0.15) is 0 Å². The van der Waals surface area contributed by atoms with E-state index in [1.807, 2.05) is 0 Å². The van der Waals surface area contributed by atoms with Crippen LogP contribution in [-0.4, -0.2) is 0 Å². The first kappa shape index (κ1) is 14.4. The summed E-state index contributed by atoms with van der Waals surface area (Å²) in [5.41, 5.74) is 6.41. The molecule has 0 spiro atoms. The molecule has 0 aliphatic heterocycles. The Morgan fingerprint density at radius 2 is 1.70 bits per heavy atom. The summed E-state index contributed by atoms with van der Waals surface area (Å²) in [6, 6.07) is 6.69. The minimum Gasteiger partial charge on any atom is -0.488 e.